The average molecular weight is 751 g/mol. The van der Waals surface area contributed by atoms with Crippen molar-refractivity contribution >= 4 is 17.9 Å². The maximum atomic E-state index is 12.6. The summed E-state index contributed by atoms with van der Waals surface area (Å²) >= 11 is 0. The molecule has 1 atom stereocenters. The van der Waals surface area contributed by atoms with Gasteiger partial charge in [-0.3, -0.25) is 14.4 Å². The van der Waals surface area contributed by atoms with Gasteiger partial charge in [-0.1, -0.05) is 151 Å². The Bertz CT molecular complexity index is 1090. The average Bonchev–Trinajstić information content (AvgIpc) is 3.17. The van der Waals surface area contributed by atoms with Crippen molar-refractivity contribution in [2.45, 2.75) is 187 Å². The quantitative estimate of drug-likeness (QED) is 0.0272. The molecular formula is C48H78O6. The zero-order valence-corrected chi connectivity index (χ0v) is 34.7. The molecule has 0 saturated carbocycles. The van der Waals surface area contributed by atoms with Gasteiger partial charge in [0.15, 0.2) is 6.10 Å². The molecule has 0 aromatic rings. The van der Waals surface area contributed by atoms with Crippen molar-refractivity contribution in [2.24, 2.45) is 0 Å². The van der Waals surface area contributed by atoms with Gasteiger partial charge in [0, 0.05) is 19.3 Å². The van der Waals surface area contributed by atoms with Crippen LogP contribution in [0, 0.1) is 0 Å². The minimum atomic E-state index is -0.826. The standard InChI is InChI=1S/C48H78O6/c1-4-7-10-13-16-19-22-23-24-27-29-32-35-38-41-47(50)53-44-45(54-48(51)42-39-36-33-30-26-21-18-15-12-9-6-3)43-52-46(49)40-37-34-31-28-25-20-17-14-11-8-5-2/h8-9,11-12,17-18,20-21,24,27-28,30-31,33,45H,4-7,10,13-16,19,22-23,25-26,29,32,34-44H2,1-3H3/b11-8-,12-9-,20-17-,21-18-,27-24-,31-28-,33-30-. The van der Waals surface area contributed by atoms with Crippen LogP contribution in [0.5, 0.6) is 0 Å². The van der Waals surface area contributed by atoms with E-state index in [-0.39, 0.29) is 44.0 Å². The summed E-state index contributed by atoms with van der Waals surface area (Å²) in [6.45, 7) is 6.25. The fourth-order valence-electron chi connectivity index (χ4n) is 5.42. The van der Waals surface area contributed by atoms with E-state index in [1.165, 1.54) is 44.9 Å². The Labute approximate surface area is 331 Å². The lowest BCUT2D eigenvalue weighted by Gasteiger charge is -2.18. The van der Waals surface area contributed by atoms with Crippen LogP contribution in [0.4, 0.5) is 0 Å². The molecule has 0 heterocycles. The van der Waals surface area contributed by atoms with Crippen LogP contribution in [0.1, 0.15) is 181 Å². The molecule has 0 aromatic carbocycles. The Balaban J connectivity index is 4.53. The van der Waals surface area contributed by atoms with Crippen molar-refractivity contribution in [3.63, 3.8) is 0 Å². The summed E-state index contributed by atoms with van der Waals surface area (Å²) in [5.74, 6) is -1.06. The van der Waals surface area contributed by atoms with Gasteiger partial charge in [-0.25, -0.2) is 0 Å². The Morgan fingerprint density at radius 2 is 0.741 bits per heavy atom. The second-order valence-corrected chi connectivity index (χ2v) is 13.8. The molecule has 6 heteroatoms. The summed E-state index contributed by atoms with van der Waals surface area (Å²) in [5, 5.41) is 0. The largest absolute Gasteiger partial charge is 0.462 e. The van der Waals surface area contributed by atoms with Gasteiger partial charge in [0.1, 0.15) is 13.2 Å². The third kappa shape index (κ3) is 39.8. The van der Waals surface area contributed by atoms with Gasteiger partial charge >= 0.3 is 17.9 Å². The van der Waals surface area contributed by atoms with E-state index in [9.17, 15) is 14.4 Å². The topological polar surface area (TPSA) is 78.9 Å². The molecule has 1 unspecified atom stereocenters. The Morgan fingerprint density at radius 3 is 1.22 bits per heavy atom. The molecule has 306 valence electrons. The van der Waals surface area contributed by atoms with E-state index in [2.05, 4.69) is 106 Å². The number of carbonyl (C=O) groups is 3. The van der Waals surface area contributed by atoms with Crippen molar-refractivity contribution < 1.29 is 28.6 Å². The zero-order chi connectivity index (χ0) is 39.4. The predicted molar refractivity (Wildman–Crippen MR) is 228 cm³/mol. The molecule has 0 aromatic heterocycles. The minimum absolute atomic E-state index is 0.122. The SMILES string of the molecule is CC/C=C\C/C=C\C/C=C\CCCC(=O)OCC(COC(=O)CCCCC/C=C\CCCCCCCCC)OC(=O)CCC/C=C\C/C=C\C/C=C\CC. The van der Waals surface area contributed by atoms with Gasteiger partial charge < -0.3 is 14.2 Å². The molecule has 0 spiro atoms. The first kappa shape index (κ1) is 50.6. The van der Waals surface area contributed by atoms with E-state index in [4.69, 9.17) is 14.2 Å². The van der Waals surface area contributed by atoms with Crippen LogP contribution < -0.4 is 0 Å². The fourth-order valence-corrected chi connectivity index (χ4v) is 5.42. The predicted octanol–water partition coefficient (Wildman–Crippen LogP) is 13.7. The third-order valence-electron chi connectivity index (χ3n) is 8.61. The molecular weight excluding hydrogens is 673 g/mol. The normalized spacial score (nSPS) is 12.9. The highest BCUT2D eigenvalue weighted by Crippen LogP contribution is 2.11. The molecule has 0 amide bonds. The summed E-state index contributed by atoms with van der Waals surface area (Å²) in [7, 11) is 0. The van der Waals surface area contributed by atoms with E-state index >= 15 is 0 Å². The maximum absolute atomic E-state index is 12.6. The van der Waals surface area contributed by atoms with Crippen LogP contribution in [-0.2, 0) is 28.6 Å². The Kier molecular flexibility index (Phi) is 39.7. The fraction of sp³-hybridized carbons (Fsp3) is 0.646. The molecule has 0 aliphatic rings. The second-order valence-electron chi connectivity index (χ2n) is 13.8. The van der Waals surface area contributed by atoms with Gasteiger partial charge in [-0.15, -0.1) is 0 Å². The van der Waals surface area contributed by atoms with Gasteiger partial charge in [-0.2, -0.15) is 0 Å². The van der Waals surface area contributed by atoms with Crippen molar-refractivity contribution in [2.75, 3.05) is 13.2 Å². The summed E-state index contributed by atoms with van der Waals surface area (Å²) in [4.78, 5) is 37.6. The number of unbranched alkanes of at least 4 members (excludes halogenated alkanes) is 12. The van der Waals surface area contributed by atoms with Crippen LogP contribution in [0.25, 0.3) is 0 Å². The first-order valence-corrected chi connectivity index (χ1v) is 21.6. The lowest BCUT2D eigenvalue weighted by Crippen LogP contribution is -2.30. The highest BCUT2D eigenvalue weighted by molar-refractivity contribution is 5.71. The number of ether oxygens (including phenoxy) is 3. The molecule has 0 saturated heterocycles. The summed E-state index contributed by atoms with van der Waals surface area (Å²) in [6, 6.07) is 0. The molecule has 54 heavy (non-hydrogen) atoms. The van der Waals surface area contributed by atoms with Crippen LogP contribution in [0.3, 0.4) is 0 Å². The zero-order valence-electron chi connectivity index (χ0n) is 34.7. The molecule has 6 nitrogen and oxygen atoms in total. The number of hydrogen-bond acceptors (Lipinski definition) is 6. The first-order chi connectivity index (χ1) is 26.5. The second kappa shape index (κ2) is 42.3. The minimum Gasteiger partial charge on any atom is -0.462 e. The van der Waals surface area contributed by atoms with Crippen molar-refractivity contribution in [1.82, 2.24) is 0 Å². The Morgan fingerprint density at radius 1 is 0.389 bits per heavy atom. The number of esters is 3. The van der Waals surface area contributed by atoms with Gasteiger partial charge in [0.2, 0.25) is 0 Å². The molecule has 0 aliphatic carbocycles. The smallest absolute Gasteiger partial charge is 0.306 e. The van der Waals surface area contributed by atoms with Gasteiger partial charge in [-0.05, 0) is 96.3 Å². The summed E-state index contributed by atoms with van der Waals surface area (Å²) in [6.07, 6.45) is 53.0. The van der Waals surface area contributed by atoms with E-state index in [0.29, 0.717) is 19.3 Å². The number of hydrogen-bond donors (Lipinski definition) is 0. The van der Waals surface area contributed by atoms with Crippen LogP contribution >= 0.6 is 0 Å². The van der Waals surface area contributed by atoms with E-state index in [1.807, 2.05) is 0 Å². The Hall–Kier alpha value is -3.41. The van der Waals surface area contributed by atoms with Gasteiger partial charge in [0.25, 0.3) is 0 Å². The highest BCUT2D eigenvalue weighted by atomic mass is 16.6. The lowest BCUT2D eigenvalue weighted by atomic mass is 10.1. The molecule has 0 bridgehead atoms. The van der Waals surface area contributed by atoms with E-state index in [1.54, 1.807) is 0 Å². The molecule has 0 radical (unpaired) electrons. The molecule has 0 N–H and O–H groups in total. The maximum Gasteiger partial charge on any atom is 0.306 e. The highest BCUT2D eigenvalue weighted by Gasteiger charge is 2.19. The number of rotatable bonds is 37. The van der Waals surface area contributed by atoms with Gasteiger partial charge in [0.05, 0.1) is 0 Å². The van der Waals surface area contributed by atoms with Crippen LogP contribution in [0.2, 0.25) is 0 Å². The van der Waals surface area contributed by atoms with Crippen molar-refractivity contribution in [1.29, 1.82) is 0 Å². The van der Waals surface area contributed by atoms with Crippen LogP contribution in [0.15, 0.2) is 85.1 Å². The number of carbonyl (C=O) groups excluding carboxylic acids is 3. The monoisotopic (exact) mass is 751 g/mol. The third-order valence-corrected chi connectivity index (χ3v) is 8.61. The molecule has 0 fully saturated rings. The number of allylic oxidation sites excluding steroid dienone is 14. The first-order valence-electron chi connectivity index (χ1n) is 21.6. The summed E-state index contributed by atoms with van der Waals surface area (Å²) in [5.41, 5.74) is 0. The molecule has 0 rings (SSSR count). The molecule has 0 aliphatic heterocycles. The van der Waals surface area contributed by atoms with Crippen molar-refractivity contribution in [3.05, 3.63) is 85.1 Å². The van der Waals surface area contributed by atoms with E-state index in [0.717, 1.165) is 83.5 Å². The van der Waals surface area contributed by atoms with Crippen molar-refractivity contribution in [3.8, 4) is 0 Å². The summed E-state index contributed by atoms with van der Waals surface area (Å²) < 4.78 is 16.5. The van der Waals surface area contributed by atoms with Crippen LogP contribution in [-0.4, -0.2) is 37.2 Å². The van der Waals surface area contributed by atoms with E-state index < -0.39 is 6.10 Å². The lowest BCUT2D eigenvalue weighted by molar-refractivity contribution is -0.167.